The summed E-state index contributed by atoms with van der Waals surface area (Å²) in [7, 11) is 0. The third kappa shape index (κ3) is 4.36. The third-order valence-corrected chi connectivity index (χ3v) is 2.55. The zero-order chi connectivity index (χ0) is 12.7. The average molecular weight is 251 g/mol. The molecule has 0 aliphatic carbocycles. The highest BCUT2D eigenvalue weighted by Gasteiger charge is 2.11. The molecule has 5 nitrogen and oxygen atoms in total. The van der Waals surface area contributed by atoms with Gasteiger partial charge in [-0.05, 0) is 31.3 Å². The van der Waals surface area contributed by atoms with Crippen LogP contribution in [0.3, 0.4) is 0 Å². The van der Waals surface area contributed by atoms with Gasteiger partial charge >= 0.3 is 0 Å². The molecular formula is C11H17N5S. The van der Waals surface area contributed by atoms with Crippen LogP contribution in [-0.2, 0) is 6.42 Å². The largest absolute Gasteiger partial charge is 0.370 e. The van der Waals surface area contributed by atoms with Crippen LogP contribution in [0.4, 0.5) is 0 Å². The van der Waals surface area contributed by atoms with Gasteiger partial charge in [0.15, 0.2) is 11.1 Å². The summed E-state index contributed by atoms with van der Waals surface area (Å²) in [5.74, 6) is -0.0492. The summed E-state index contributed by atoms with van der Waals surface area (Å²) in [5, 5.41) is 10.9. The van der Waals surface area contributed by atoms with Crippen LogP contribution in [0.2, 0.25) is 0 Å². The van der Waals surface area contributed by atoms with Crippen LogP contribution in [0, 0.1) is 5.41 Å². The van der Waals surface area contributed by atoms with Gasteiger partial charge in [0.25, 0.3) is 0 Å². The number of hydrogen-bond acceptors (Lipinski definition) is 3. The summed E-state index contributed by atoms with van der Waals surface area (Å²) in [4.78, 5) is 5.78. The molecule has 0 radical (unpaired) electrons. The van der Waals surface area contributed by atoms with E-state index in [4.69, 9.17) is 23.4 Å². The monoisotopic (exact) mass is 251 g/mol. The smallest absolute Gasteiger partial charge is 0.194 e. The molecule has 1 heterocycles. The molecule has 0 aromatic carbocycles. The van der Waals surface area contributed by atoms with Crippen molar-refractivity contribution in [1.82, 2.24) is 15.2 Å². The predicted octanol–water partition coefficient (Wildman–Crippen LogP) is 0.714. The van der Waals surface area contributed by atoms with Crippen molar-refractivity contribution < 1.29 is 0 Å². The lowest BCUT2D eigenvalue weighted by Crippen LogP contribution is -2.47. The van der Waals surface area contributed by atoms with Crippen LogP contribution >= 0.6 is 12.2 Å². The highest BCUT2D eigenvalue weighted by molar-refractivity contribution is 7.80. The second kappa shape index (κ2) is 6.80. The van der Waals surface area contributed by atoms with E-state index in [2.05, 4.69) is 10.3 Å². The molecule has 1 rings (SSSR count). The van der Waals surface area contributed by atoms with Gasteiger partial charge in [-0.15, -0.1) is 0 Å². The highest BCUT2D eigenvalue weighted by atomic mass is 32.1. The summed E-state index contributed by atoms with van der Waals surface area (Å²) in [6.07, 6.45) is 2.45. The maximum Gasteiger partial charge on any atom is 0.194 e. The van der Waals surface area contributed by atoms with E-state index >= 15 is 0 Å². The molecule has 0 aliphatic heterocycles. The van der Waals surface area contributed by atoms with Gasteiger partial charge in [-0.1, -0.05) is 6.07 Å². The number of nitrogens with two attached hydrogens (primary N) is 1. The summed E-state index contributed by atoms with van der Waals surface area (Å²) in [6, 6.07) is 5.74. The van der Waals surface area contributed by atoms with Gasteiger partial charge in [0, 0.05) is 31.4 Å². The van der Waals surface area contributed by atoms with E-state index in [9.17, 15) is 0 Å². The van der Waals surface area contributed by atoms with Crippen molar-refractivity contribution in [1.29, 1.82) is 5.41 Å². The third-order valence-electron chi connectivity index (χ3n) is 2.18. The number of guanidine groups is 1. The highest BCUT2D eigenvalue weighted by Crippen LogP contribution is 1.98. The van der Waals surface area contributed by atoms with Crippen LogP contribution in [0.15, 0.2) is 24.4 Å². The van der Waals surface area contributed by atoms with Gasteiger partial charge in [0.2, 0.25) is 0 Å². The minimum Gasteiger partial charge on any atom is -0.370 e. The number of aromatic nitrogens is 1. The van der Waals surface area contributed by atoms with E-state index in [0.717, 1.165) is 5.69 Å². The van der Waals surface area contributed by atoms with Crippen molar-refractivity contribution in [2.24, 2.45) is 5.73 Å². The molecule has 4 N–H and O–H groups in total. The molecule has 1 aromatic heterocycles. The van der Waals surface area contributed by atoms with E-state index in [-0.39, 0.29) is 5.96 Å². The average Bonchev–Trinajstić information content (AvgIpc) is 2.30. The minimum atomic E-state index is -0.0492. The molecule has 0 fully saturated rings. The molecule has 6 heteroatoms. The standard InChI is InChI=1S/C11H17N5S/c1-2-14-11(17)16(10(12)13)8-6-9-5-3-4-7-15-9/h3-5,7H,2,6,8H2,1H3,(H3,12,13)(H,14,17). The summed E-state index contributed by atoms with van der Waals surface area (Å²) < 4.78 is 0. The van der Waals surface area contributed by atoms with Crippen molar-refractivity contribution in [2.75, 3.05) is 13.1 Å². The van der Waals surface area contributed by atoms with Crippen molar-refractivity contribution >= 4 is 23.3 Å². The quantitative estimate of drug-likeness (QED) is 0.417. The summed E-state index contributed by atoms with van der Waals surface area (Å²) in [6.45, 7) is 3.22. The maximum atomic E-state index is 7.48. The molecular weight excluding hydrogens is 234 g/mol. The number of nitrogens with zero attached hydrogens (tertiary/aromatic N) is 2. The van der Waals surface area contributed by atoms with Gasteiger partial charge in [0.1, 0.15) is 0 Å². The maximum absolute atomic E-state index is 7.48. The fourth-order valence-corrected chi connectivity index (χ4v) is 1.68. The number of hydrogen-bond donors (Lipinski definition) is 3. The van der Waals surface area contributed by atoms with Crippen molar-refractivity contribution in [3.63, 3.8) is 0 Å². The molecule has 1 aromatic rings. The number of pyridine rings is 1. The Balaban J connectivity index is 2.56. The topological polar surface area (TPSA) is 78.0 Å². The van der Waals surface area contributed by atoms with Crippen molar-refractivity contribution in [2.45, 2.75) is 13.3 Å². The Morgan fingerprint density at radius 2 is 2.35 bits per heavy atom. The fourth-order valence-electron chi connectivity index (χ4n) is 1.35. The number of thiocarbonyl (C=S) groups is 1. The van der Waals surface area contributed by atoms with Crippen LogP contribution < -0.4 is 11.1 Å². The van der Waals surface area contributed by atoms with Crippen molar-refractivity contribution in [3.05, 3.63) is 30.1 Å². The Labute approximate surface area is 107 Å². The molecule has 0 spiro atoms. The first-order chi connectivity index (χ1) is 8.15. The molecule has 0 saturated heterocycles. The van der Waals surface area contributed by atoms with E-state index in [0.29, 0.717) is 24.6 Å². The first kappa shape index (κ1) is 13.4. The first-order valence-electron chi connectivity index (χ1n) is 5.44. The molecule has 92 valence electrons. The van der Waals surface area contributed by atoms with E-state index in [1.165, 1.54) is 0 Å². The lowest BCUT2D eigenvalue weighted by atomic mass is 10.2. The number of nitrogens with one attached hydrogen (secondary N) is 2. The molecule has 0 unspecified atom stereocenters. The summed E-state index contributed by atoms with van der Waals surface area (Å²) >= 11 is 5.14. The second-order valence-corrected chi connectivity index (χ2v) is 3.83. The van der Waals surface area contributed by atoms with Crippen LogP contribution in [-0.4, -0.2) is 34.0 Å². The zero-order valence-corrected chi connectivity index (χ0v) is 10.6. The van der Waals surface area contributed by atoms with Gasteiger partial charge in [-0.25, -0.2) is 0 Å². The van der Waals surface area contributed by atoms with E-state index in [1.54, 1.807) is 11.1 Å². The van der Waals surface area contributed by atoms with Crippen molar-refractivity contribution in [3.8, 4) is 0 Å². The van der Waals surface area contributed by atoms with Gasteiger partial charge in [-0.2, -0.15) is 0 Å². The molecule has 17 heavy (non-hydrogen) atoms. The lowest BCUT2D eigenvalue weighted by Gasteiger charge is -2.23. The predicted molar refractivity (Wildman–Crippen MR) is 72.8 cm³/mol. The minimum absolute atomic E-state index is 0.0492. The SMILES string of the molecule is CCNC(=S)N(CCc1ccccn1)C(=N)N. The lowest BCUT2D eigenvalue weighted by molar-refractivity contribution is 0.577. The molecule has 0 aliphatic rings. The Morgan fingerprint density at radius 3 is 2.88 bits per heavy atom. The van der Waals surface area contributed by atoms with E-state index in [1.807, 2.05) is 25.1 Å². The fraction of sp³-hybridized carbons (Fsp3) is 0.364. The number of rotatable bonds is 4. The second-order valence-electron chi connectivity index (χ2n) is 3.44. The molecule has 0 amide bonds. The molecule has 0 atom stereocenters. The molecule has 0 bridgehead atoms. The Bertz CT molecular complexity index is 379. The normalized spacial score (nSPS) is 9.71. The Morgan fingerprint density at radius 1 is 1.59 bits per heavy atom. The molecule has 0 saturated carbocycles. The van der Waals surface area contributed by atoms with Crippen LogP contribution in [0.25, 0.3) is 0 Å². The summed E-state index contributed by atoms with van der Waals surface area (Å²) in [5.41, 5.74) is 6.45. The van der Waals surface area contributed by atoms with Gasteiger partial charge in [0.05, 0.1) is 0 Å². The zero-order valence-electron chi connectivity index (χ0n) is 9.81. The Hall–Kier alpha value is -1.69. The van der Waals surface area contributed by atoms with E-state index < -0.39 is 0 Å². The van der Waals surface area contributed by atoms with Crippen LogP contribution in [0.1, 0.15) is 12.6 Å². The van der Waals surface area contributed by atoms with Gasteiger partial charge < -0.3 is 11.1 Å². The van der Waals surface area contributed by atoms with Gasteiger partial charge in [-0.3, -0.25) is 15.3 Å². The first-order valence-corrected chi connectivity index (χ1v) is 5.85. The van der Waals surface area contributed by atoms with Crippen LogP contribution in [0.5, 0.6) is 0 Å². The Kier molecular flexibility index (Phi) is 5.35.